The standard InChI is InChI=1S/C18H18ClN3O3/c1-18(2,3)14-9-15(22-25-14)21-16(23)10-24-13-7-6-12(19)11-5-4-8-20-17(11)13/h4-9H,10H2,1-3H3,(H,21,22,23). The van der Waals surface area contributed by atoms with Gasteiger partial charge in [-0.25, -0.2) is 0 Å². The lowest BCUT2D eigenvalue weighted by atomic mass is 9.93. The van der Waals surface area contributed by atoms with Gasteiger partial charge in [-0.1, -0.05) is 37.5 Å². The molecule has 3 aromatic rings. The average Bonchev–Trinajstić information content (AvgIpc) is 3.03. The highest BCUT2D eigenvalue weighted by Crippen LogP contribution is 2.29. The van der Waals surface area contributed by atoms with Crippen LogP contribution in [0.25, 0.3) is 10.9 Å². The summed E-state index contributed by atoms with van der Waals surface area (Å²) < 4.78 is 10.8. The van der Waals surface area contributed by atoms with E-state index in [4.69, 9.17) is 20.9 Å². The Kier molecular flexibility index (Phi) is 4.63. The van der Waals surface area contributed by atoms with Crippen molar-refractivity contribution in [2.75, 3.05) is 11.9 Å². The molecular weight excluding hydrogens is 342 g/mol. The lowest BCUT2D eigenvalue weighted by Gasteiger charge is -2.12. The van der Waals surface area contributed by atoms with Crippen LogP contribution in [0.2, 0.25) is 5.02 Å². The highest BCUT2D eigenvalue weighted by Gasteiger charge is 2.20. The van der Waals surface area contributed by atoms with Gasteiger partial charge in [0.05, 0.1) is 5.02 Å². The Bertz CT molecular complexity index is 915. The molecule has 0 spiro atoms. The topological polar surface area (TPSA) is 77.2 Å². The quantitative estimate of drug-likeness (QED) is 0.755. The van der Waals surface area contributed by atoms with Crippen molar-refractivity contribution in [2.45, 2.75) is 26.2 Å². The lowest BCUT2D eigenvalue weighted by molar-refractivity contribution is -0.118. The van der Waals surface area contributed by atoms with Gasteiger partial charge in [0.15, 0.2) is 12.4 Å². The Morgan fingerprint density at radius 3 is 2.84 bits per heavy atom. The number of benzene rings is 1. The smallest absolute Gasteiger partial charge is 0.263 e. The van der Waals surface area contributed by atoms with E-state index in [-0.39, 0.29) is 17.9 Å². The maximum atomic E-state index is 12.1. The summed E-state index contributed by atoms with van der Waals surface area (Å²) in [7, 11) is 0. The number of halogens is 1. The molecule has 0 saturated carbocycles. The third kappa shape index (κ3) is 3.91. The van der Waals surface area contributed by atoms with Crippen molar-refractivity contribution < 1.29 is 14.1 Å². The Labute approximate surface area is 150 Å². The minimum Gasteiger partial charge on any atom is -0.481 e. The average molecular weight is 360 g/mol. The number of nitrogens with one attached hydrogen (secondary N) is 1. The zero-order chi connectivity index (χ0) is 18.0. The number of nitrogens with zero attached hydrogens (tertiary/aromatic N) is 2. The molecule has 0 aliphatic rings. The molecule has 3 rings (SSSR count). The van der Waals surface area contributed by atoms with Gasteiger partial charge < -0.3 is 14.6 Å². The molecule has 0 aliphatic heterocycles. The number of anilines is 1. The predicted molar refractivity (Wildman–Crippen MR) is 96.1 cm³/mol. The second-order valence-electron chi connectivity index (χ2n) is 6.61. The van der Waals surface area contributed by atoms with E-state index in [1.54, 1.807) is 30.5 Å². The summed E-state index contributed by atoms with van der Waals surface area (Å²) in [5, 5.41) is 7.85. The van der Waals surface area contributed by atoms with Crippen LogP contribution in [0.3, 0.4) is 0 Å². The number of amides is 1. The number of carbonyl (C=O) groups is 1. The van der Waals surface area contributed by atoms with Crippen LogP contribution >= 0.6 is 11.6 Å². The first-order valence-corrected chi connectivity index (χ1v) is 8.15. The number of fused-ring (bicyclic) bond motifs is 1. The molecular formula is C18H18ClN3O3. The summed E-state index contributed by atoms with van der Waals surface area (Å²) in [6.45, 7) is 5.83. The van der Waals surface area contributed by atoms with Crippen LogP contribution < -0.4 is 10.1 Å². The van der Waals surface area contributed by atoms with Gasteiger partial charge in [0.2, 0.25) is 0 Å². The molecule has 0 saturated heterocycles. The van der Waals surface area contributed by atoms with Crippen molar-refractivity contribution in [3.05, 3.63) is 47.3 Å². The summed E-state index contributed by atoms with van der Waals surface area (Å²) in [6, 6.07) is 8.76. The summed E-state index contributed by atoms with van der Waals surface area (Å²) in [5.41, 5.74) is 0.430. The van der Waals surface area contributed by atoms with E-state index in [1.165, 1.54) is 0 Å². The molecule has 7 heteroatoms. The number of hydrogen-bond donors (Lipinski definition) is 1. The molecule has 6 nitrogen and oxygen atoms in total. The maximum absolute atomic E-state index is 12.1. The molecule has 0 atom stereocenters. The fraction of sp³-hybridized carbons (Fsp3) is 0.278. The molecule has 25 heavy (non-hydrogen) atoms. The molecule has 0 bridgehead atoms. The van der Waals surface area contributed by atoms with Gasteiger partial charge in [-0.3, -0.25) is 9.78 Å². The van der Waals surface area contributed by atoms with Crippen LogP contribution in [0.5, 0.6) is 5.75 Å². The number of pyridine rings is 1. The van der Waals surface area contributed by atoms with Crippen LogP contribution in [0.1, 0.15) is 26.5 Å². The Morgan fingerprint density at radius 2 is 2.12 bits per heavy atom. The fourth-order valence-corrected chi connectivity index (χ4v) is 2.45. The lowest BCUT2D eigenvalue weighted by Crippen LogP contribution is -2.20. The van der Waals surface area contributed by atoms with E-state index >= 15 is 0 Å². The van der Waals surface area contributed by atoms with Gasteiger partial charge in [0, 0.05) is 23.1 Å². The number of aromatic nitrogens is 2. The summed E-state index contributed by atoms with van der Waals surface area (Å²) >= 11 is 6.14. The van der Waals surface area contributed by atoms with Gasteiger partial charge in [-0.05, 0) is 24.3 Å². The third-order valence-electron chi connectivity index (χ3n) is 3.56. The number of carbonyl (C=O) groups excluding carboxylic acids is 1. The summed E-state index contributed by atoms with van der Waals surface area (Å²) in [6.07, 6.45) is 1.65. The van der Waals surface area contributed by atoms with Crippen LogP contribution in [0.4, 0.5) is 5.82 Å². The van der Waals surface area contributed by atoms with Crippen LogP contribution in [0.15, 0.2) is 41.1 Å². The third-order valence-corrected chi connectivity index (χ3v) is 3.88. The first-order valence-electron chi connectivity index (χ1n) is 7.77. The monoisotopic (exact) mass is 359 g/mol. The molecule has 2 heterocycles. The highest BCUT2D eigenvalue weighted by molar-refractivity contribution is 6.35. The van der Waals surface area contributed by atoms with Gasteiger partial charge in [0.25, 0.3) is 5.91 Å². The first kappa shape index (κ1) is 17.2. The zero-order valence-corrected chi connectivity index (χ0v) is 14.9. The van der Waals surface area contributed by atoms with Crippen LogP contribution in [-0.2, 0) is 10.2 Å². The molecule has 1 N–H and O–H groups in total. The SMILES string of the molecule is CC(C)(C)c1cc(NC(=O)COc2ccc(Cl)c3cccnc23)no1. The minimum absolute atomic E-state index is 0.176. The fourth-order valence-electron chi connectivity index (χ4n) is 2.24. The van der Waals surface area contributed by atoms with Crippen molar-refractivity contribution in [1.29, 1.82) is 0 Å². The number of ether oxygens (including phenoxy) is 1. The molecule has 130 valence electrons. The largest absolute Gasteiger partial charge is 0.481 e. The van der Waals surface area contributed by atoms with Crippen molar-refractivity contribution in [3.8, 4) is 5.75 Å². The molecule has 0 fully saturated rings. The normalized spacial score (nSPS) is 11.5. The van der Waals surface area contributed by atoms with E-state index in [1.807, 2.05) is 26.8 Å². The van der Waals surface area contributed by atoms with E-state index in [0.29, 0.717) is 27.9 Å². The van der Waals surface area contributed by atoms with Crippen LogP contribution in [-0.4, -0.2) is 22.7 Å². The minimum atomic E-state index is -0.340. The Morgan fingerprint density at radius 1 is 1.32 bits per heavy atom. The zero-order valence-electron chi connectivity index (χ0n) is 14.2. The molecule has 1 amide bonds. The van der Waals surface area contributed by atoms with Crippen LogP contribution in [0, 0.1) is 0 Å². The predicted octanol–water partition coefficient (Wildman–Crippen LogP) is 4.19. The summed E-state index contributed by atoms with van der Waals surface area (Å²) in [5.74, 6) is 1.20. The van der Waals surface area contributed by atoms with Gasteiger partial charge in [0.1, 0.15) is 17.0 Å². The van der Waals surface area contributed by atoms with Crippen molar-refractivity contribution >= 4 is 34.2 Å². The van der Waals surface area contributed by atoms with Gasteiger partial charge in [-0.15, -0.1) is 0 Å². The van der Waals surface area contributed by atoms with Crippen molar-refractivity contribution in [1.82, 2.24) is 10.1 Å². The second kappa shape index (κ2) is 6.72. The van der Waals surface area contributed by atoms with Crippen molar-refractivity contribution in [3.63, 3.8) is 0 Å². The molecule has 0 unspecified atom stereocenters. The number of hydrogen-bond acceptors (Lipinski definition) is 5. The van der Waals surface area contributed by atoms with E-state index in [2.05, 4.69) is 15.5 Å². The molecule has 0 radical (unpaired) electrons. The number of rotatable bonds is 4. The second-order valence-corrected chi connectivity index (χ2v) is 7.02. The van der Waals surface area contributed by atoms with Gasteiger partial charge in [-0.2, -0.15) is 0 Å². The molecule has 1 aromatic carbocycles. The Balaban J connectivity index is 1.67. The van der Waals surface area contributed by atoms with E-state index in [9.17, 15) is 4.79 Å². The van der Waals surface area contributed by atoms with Crippen molar-refractivity contribution in [2.24, 2.45) is 0 Å². The van der Waals surface area contributed by atoms with E-state index < -0.39 is 0 Å². The Hall–Kier alpha value is -2.60. The maximum Gasteiger partial charge on any atom is 0.263 e. The molecule has 2 aromatic heterocycles. The molecule has 0 aliphatic carbocycles. The highest BCUT2D eigenvalue weighted by atomic mass is 35.5. The van der Waals surface area contributed by atoms with Gasteiger partial charge >= 0.3 is 0 Å². The first-order chi connectivity index (χ1) is 11.8. The summed E-state index contributed by atoms with van der Waals surface area (Å²) in [4.78, 5) is 16.3. The van der Waals surface area contributed by atoms with E-state index in [0.717, 1.165) is 5.39 Å².